The second-order valence-corrected chi connectivity index (χ2v) is 4.85. The fourth-order valence-corrected chi connectivity index (χ4v) is 1.76. The van der Waals surface area contributed by atoms with Crippen LogP contribution in [0.1, 0.15) is 43.7 Å². The predicted molar refractivity (Wildman–Crippen MR) is 72.6 cm³/mol. The fraction of sp³-hybridized carbons (Fsp3) is 0.538. The van der Waals surface area contributed by atoms with Crippen LogP contribution < -0.4 is 0 Å². The molecule has 0 atom stereocenters. The highest BCUT2D eigenvalue weighted by molar-refractivity contribution is 5.93. The summed E-state index contributed by atoms with van der Waals surface area (Å²) in [6.07, 6.45) is 1.46. The van der Waals surface area contributed by atoms with Crippen LogP contribution >= 0.6 is 0 Å². The van der Waals surface area contributed by atoms with Crippen molar-refractivity contribution in [3.8, 4) is 0 Å². The molecular formula is C13H20N4O2. The average molecular weight is 264 g/mol. The van der Waals surface area contributed by atoms with Gasteiger partial charge in [-0.3, -0.25) is 9.99 Å². The molecule has 0 aliphatic rings. The number of nitrogens with zero attached hydrogens (tertiary/aromatic N) is 4. The van der Waals surface area contributed by atoms with Gasteiger partial charge in [-0.05, 0) is 40.7 Å². The third-order valence-electron chi connectivity index (χ3n) is 2.64. The lowest BCUT2D eigenvalue weighted by Crippen LogP contribution is -2.31. The Morgan fingerprint density at radius 2 is 1.89 bits per heavy atom. The molecule has 0 amide bonds. The zero-order valence-corrected chi connectivity index (χ0v) is 12.0. The van der Waals surface area contributed by atoms with E-state index >= 15 is 0 Å². The van der Waals surface area contributed by atoms with E-state index in [0.717, 1.165) is 0 Å². The summed E-state index contributed by atoms with van der Waals surface area (Å²) in [6, 6.07) is 1.81. The van der Waals surface area contributed by atoms with E-state index in [9.17, 15) is 4.79 Å². The van der Waals surface area contributed by atoms with Gasteiger partial charge in [-0.25, -0.2) is 4.79 Å². The van der Waals surface area contributed by atoms with Gasteiger partial charge in [-0.2, -0.15) is 0 Å². The van der Waals surface area contributed by atoms with Crippen LogP contribution in [-0.2, 0) is 0 Å². The minimum absolute atomic E-state index is 0.115. The molecule has 0 unspecified atom stereocenters. The number of hydrogen-bond acceptors (Lipinski definition) is 4. The summed E-state index contributed by atoms with van der Waals surface area (Å²) >= 11 is 0. The number of aromatic nitrogens is 1. The summed E-state index contributed by atoms with van der Waals surface area (Å²) in [5.41, 5.74) is 0.973. The summed E-state index contributed by atoms with van der Waals surface area (Å²) < 4.78 is 0. The number of rotatable bonds is 5. The minimum Gasteiger partial charge on any atom is -0.478 e. The molecule has 0 fully saturated rings. The Morgan fingerprint density at radius 1 is 1.32 bits per heavy atom. The van der Waals surface area contributed by atoms with Crippen LogP contribution in [0.2, 0.25) is 0 Å². The van der Waals surface area contributed by atoms with Crippen molar-refractivity contribution in [3.63, 3.8) is 0 Å². The maximum absolute atomic E-state index is 11.1. The molecule has 1 aromatic rings. The summed E-state index contributed by atoms with van der Waals surface area (Å²) in [5.74, 6) is -1.03. The predicted octanol–water partition coefficient (Wildman–Crippen LogP) is 3.21. The maximum atomic E-state index is 11.1. The molecule has 19 heavy (non-hydrogen) atoms. The highest BCUT2D eigenvalue weighted by Gasteiger charge is 2.15. The van der Waals surface area contributed by atoms with Gasteiger partial charge in [0.25, 0.3) is 0 Å². The summed E-state index contributed by atoms with van der Waals surface area (Å²) in [6.45, 7) is 9.75. The van der Waals surface area contributed by atoms with Crippen LogP contribution in [0.15, 0.2) is 22.6 Å². The molecule has 6 nitrogen and oxygen atoms in total. The largest absolute Gasteiger partial charge is 0.478 e. The Hall–Kier alpha value is -1.98. The van der Waals surface area contributed by atoms with E-state index in [0.29, 0.717) is 11.4 Å². The highest BCUT2D eigenvalue weighted by Crippen LogP contribution is 2.23. The van der Waals surface area contributed by atoms with Gasteiger partial charge >= 0.3 is 5.97 Å². The summed E-state index contributed by atoms with van der Waals surface area (Å²) in [5, 5.41) is 19.2. The van der Waals surface area contributed by atoms with Crippen LogP contribution in [-0.4, -0.2) is 33.2 Å². The molecule has 0 saturated heterocycles. The number of hydrogen-bond donors (Lipinski definition) is 1. The first kappa shape index (κ1) is 15.1. The molecule has 104 valence electrons. The second-order valence-electron chi connectivity index (χ2n) is 4.85. The van der Waals surface area contributed by atoms with E-state index in [-0.39, 0.29) is 17.6 Å². The first-order chi connectivity index (χ1) is 8.84. The zero-order valence-electron chi connectivity index (χ0n) is 12.0. The van der Waals surface area contributed by atoms with Crippen LogP contribution in [0.4, 0.5) is 5.69 Å². The molecule has 0 bridgehead atoms. The number of pyridine rings is 1. The standard InChI is InChI=1S/C13H20N4O2/c1-8(2)17(9(3)4)16-15-12-10(5)14-7-6-11(12)13(18)19/h6-9H,1-5H3,(H,18,19). The number of aromatic carboxylic acids is 1. The Morgan fingerprint density at radius 3 is 2.37 bits per heavy atom. The molecule has 1 rings (SSSR count). The van der Waals surface area contributed by atoms with E-state index < -0.39 is 5.97 Å². The van der Waals surface area contributed by atoms with Crippen molar-refractivity contribution in [1.29, 1.82) is 0 Å². The maximum Gasteiger partial charge on any atom is 0.338 e. The molecule has 0 saturated carbocycles. The number of carboxylic acid groups (broad SMARTS) is 1. The Balaban J connectivity index is 3.14. The van der Waals surface area contributed by atoms with Gasteiger partial charge in [0.2, 0.25) is 0 Å². The molecule has 0 radical (unpaired) electrons. The molecule has 0 aromatic carbocycles. The minimum atomic E-state index is -1.03. The Labute approximate surface area is 113 Å². The first-order valence-electron chi connectivity index (χ1n) is 6.23. The van der Waals surface area contributed by atoms with Gasteiger partial charge in [-0.1, -0.05) is 5.22 Å². The van der Waals surface area contributed by atoms with Crippen molar-refractivity contribution in [2.75, 3.05) is 0 Å². The van der Waals surface area contributed by atoms with Gasteiger partial charge in [0, 0.05) is 18.3 Å². The second kappa shape index (κ2) is 6.26. The van der Waals surface area contributed by atoms with E-state index in [1.807, 2.05) is 32.7 Å². The van der Waals surface area contributed by atoms with E-state index in [2.05, 4.69) is 15.3 Å². The highest BCUT2D eigenvalue weighted by atomic mass is 16.4. The lowest BCUT2D eigenvalue weighted by Gasteiger charge is -2.25. The van der Waals surface area contributed by atoms with Crippen molar-refractivity contribution in [3.05, 3.63) is 23.5 Å². The monoisotopic (exact) mass is 264 g/mol. The average Bonchev–Trinajstić information content (AvgIpc) is 2.29. The van der Waals surface area contributed by atoms with Crippen LogP contribution in [0.3, 0.4) is 0 Å². The smallest absolute Gasteiger partial charge is 0.338 e. The number of aryl methyl sites for hydroxylation is 1. The van der Waals surface area contributed by atoms with Crippen LogP contribution in [0.5, 0.6) is 0 Å². The number of carbonyl (C=O) groups is 1. The SMILES string of the molecule is Cc1nccc(C(=O)O)c1N=NN(C(C)C)C(C)C. The summed E-state index contributed by atoms with van der Waals surface area (Å²) in [7, 11) is 0. The third kappa shape index (κ3) is 3.74. The molecule has 0 spiro atoms. The fourth-order valence-electron chi connectivity index (χ4n) is 1.76. The van der Waals surface area contributed by atoms with Crippen molar-refractivity contribution >= 4 is 11.7 Å². The molecule has 1 N–H and O–H groups in total. The molecule has 1 heterocycles. The number of carboxylic acids is 1. The molecule has 6 heteroatoms. The zero-order chi connectivity index (χ0) is 14.6. The third-order valence-corrected chi connectivity index (χ3v) is 2.64. The van der Waals surface area contributed by atoms with E-state index in [1.54, 1.807) is 6.92 Å². The van der Waals surface area contributed by atoms with E-state index in [1.165, 1.54) is 12.3 Å². The van der Waals surface area contributed by atoms with Gasteiger partial charge < -0.3 is 5.11 Å². The quantitative estimate of drug-likeness (QED) is 0.654. The molecular weight excluding hydrogens is 244 g/mol. The lowest BCUT2D eigenvalue weighted by atomic mass is 10.2. The topological polar surface area (TPSA) is 78.1 Å². The Kier molecular flexibility index (Phi) is 4.97. The molecule has 1 aromatic heterocycles. The summed E-state index contributed by atoms with van der Waals surface area (Å²) in [4.78, 5) is 15.2. The van der Waals surface area contributed by atoms with Crippen LogP contribution in [0.25, 0.3) is 0 Å². The van der Waals surface area contributed by atoms with Gasteiger partial charge in [0.1, 0.15) is 5.69 Å². The normalized spacial score (nSPS) is 11.5. The van der Waals surface area contributed by atoms with Gasteiger partial charge in [0.05, 0.1) is 11.3 Å². The lowest BCUT2D eigenvalue weighted by molar-refractivity contribution is 0.0697. The molecule has 0 aliphatic heterocycles. The van der Waals surface area contributed by atoms with Gasteiger partial charge in [-0.15, -0.1) is 5.11 Å². The van der Waals surface area contributed by atoms with Crippen molar-refractivity contribution in [2.24, 2.45) is 10.3 Å². The van der Waals surface area contributed by atoms with Crippen molar-refractivity contribution in [1.82, 2.24) is 9.99 Å². The Bertz CT molecular complexity index is 476. The van der Waals surface area contributed by atoms with Crippen LogP contribution in [0, 0.1) is 6.92 Å². The molecule has 0 aliphatic carbocycles. The van der Waals surface area contributed by atoms with E-state index in [4.69, 9.17) is 5.11 Å². The van der Waals surface area contributed by atoms with Gasteiger partial charge in [0.15, 0.2) is 0 Å². The van der Waals surface area contributed by atoms with Crippen molar-refractivity contribution in [2.45, 2.75) is 46.7 Å². The first-order valence-corrected chi connectivity index (χ1v) is 6.23. The van der Waals surface area contributed by atoms with Crippen molar-refractivity contribution < 1.29 is 9.90 Å².